The zero-order chi connectivity index (χ0) is 26.3. The van der Waals surface area contributed by atoms with Gasteiger partial charge in [0.1, 0.15) is 18.4 Å². The molecule has 2 atom stereocenters. The number of anilines is 1. The lowest BCUT2D eigenvalue weighted by Gasteiger charge is -2.33. The van der Waals surface area contributed by atoms with Crippen LogP contribution < -0.4 is 9.62 Å². The van der Waals surface area contributed by atoms with Crippen molar-refractivity contribution >= 4 is 50.7 Å². The van der Waals surface area contributed by atoms with Crippen molar-refractivity contribution < 1.29 is 22.4 Å². The molecule has 0 heterocycles. The van der Waals surface area contributed by atoms with Gasteiger partial charge in [0.25, 0.3) is 0 Å². The molecule has 0 bridgehead atoms. The van der Waals surface area contributed by atoms with Crippen LogP contribution >= 0.6 is 23.2 Å². The first kappa shape index (κ1) is 28.9. The summed E-state index contributed by atoms with van der Waals surface area (Å²) in [5, 5.41) is 3.61. The Kier molecular flexibility index (Phi) is 10.4. The first-order valence-electron chi connectivity index (χ1n) is 11.1. The Labute approximate surface area is 216 Å². The van der Waals surface area contributed by atoms with E-state index in [1.807, 2.05) is 13.8 Å². The molecule has 0 aliphatic heterocycles. The predicted molar refractivity (Wildman–Crippen MR) is 138 cm³/mol. The Hall–Kier alpha value is -2.36. The van der Waals surface area contributed by atoms with E-state index in [2.05, 4.69) is 5.32 Å². The minimum absolute atomic E-state index is 0.0394. The summed E-state index contributed by atoms with van der Waals surface area (Å²) in [6.45, 7) is 4.92. The number of halogens is 3. The molecule has 192 valence electrons. The number of nitrogens with one attached hydrogen (secondary N) is 1. The molecule has 0 aliphatic rings. The van der Waals surface area contributed by atoms with E-state index in [4.69, 9.17) is 23.2 Å². The molecule has 2 aromatic carbocycles. The summed E-state index contributed by atoms with van der Waals surface area (Å²) in [6, 6.07) is 8.58. The maximum absolute atomic E-state index is 13.6. The molecule has 2 aromatic rings. The standard InChI is InChI=1S/C24H30Cl2FN3O4S/c1-5-16(3)28-24(32)22(6-2)29(14-17-7-8-18(25)13-21(17)26)23(31)15-30(35(4,33)34)20-11-9-19(27)10-12-20/h7-13,16,22H,5-6,14-15H2,1-4H3,(H,28,32)/t16-,22+/m0/s1. The molecule has 0 unspecified atom stereocenters. The number of carbonyl (C=O) groups is 2. The van der Waals surface area contributed by atoms with Gasteiger partial charge in [-0.2, -0.15) is 0 Å². The van der Waals surface area contributed by atoms with Crippen molar-refractivity contribution in [1.82, 2.24) is 10.2 Å². The number of carbonyl (C=O) groups excluding carboxylic acids is 2. The molecule has 35 heavy (non-hydrogen) atoms. The van der Waals surface area contributed by atoms with E-state index in [0.29, 0.717) is 22.0 Å². The molecule has 0 aromatic heterocycles. The molecular formula is C24H30Cl2FN3O4S. The van der Waals surface area contributed by atoms with Crippen LogP contribution in [0.3, 0.4) is 0 Å². The maximum atomic E-state index is 13.6. The molecule has 0 fully saturated rings. The van der Waals surface area contributed by atoms with Gasteiger partial charge in [0.15, 0.2) is 0 Å². The van der Waals surface area contributed by atoms with Gasteiger partial charge in [-0.3, -0.25) is 13.9 Å². The predicted octanol–water partition coefficient (Wildman–Crippen LogP) is 4.62. The molecule has 11 heteroatoms. The van der Waals surface area contributed by atoms with Crippen molar-refractivity contribution in [3.8, 4) is 0 Å². The third-order valence-electron chi connectivity index (χ3n) is 5.54. The third-order valence-corrected chi connectivity index (χ3v) is 7.26. The van der Waals surface area contributed by atoms with Crippen LogP contribution in [-0.4, -0.2) is 50.0 Å². The molecule has 2 amide bonds. The molecule has 2 rings (SSSR count). The second kappa shape index (κ2) is 12.6. The summed E-state index contributed by atoms with van der Waals surface area (Å²) in [6.07, 6.45) is 1.94. The van der Waals surface area contributed by atoms with Crippen LogP contribution in [0, 0.1) is 5.82 Å². The summed E-state index contributed by atoms with van der Waals surface area (Å²) in [5.41, 5.74) is 0.677. The lowest BCUT2D eigenvalue weighted by molar-refractivity contribution is -0.140. The van der Waals surface area contributed by atoms with E-state index < -0.39 is 34.3 Å². The van der Waals surface area contributed by atoms with E-state index >= 15 is 0 Å². The van der Waals surface area contributed by atoms with Crippen molar-refractivity contribution in [1.29, 1.82) is 0 Å². The number of nitrogens with zero attached hydrogens (tertiary/aromatic N) is 2. The average molecular weight is 546 g/mol. The highest BCUT2D eigenvalue weighted by Crippen LogP contribution is 2.25. The van der Waals surface area contributed by atoms with Crippen molar-refractivity contribution in [2.45, 2.75) is 52.2 Å². The Morgan fingerprint density at radius 1 is 1.06 bits per heavy atom. The Morgan fingerprint density at radius 2 is 1.69 bits per heavy atom. The van der Waals surface area contributed by atoms with Crippen LogP contribution in [0.4, 0.5) is 10.1 Å². The highest BCUT2D eigenvalue weighted by Gasteiger charge is 2.32. The molecule has 0 aliphatic carbocycles. The Balaban J connectivity index is 2.46. The maximum Gasteiger partial charge on any atom is 0.244 e. The summed E-state index contributed by atoms with van der Waals surface area (Å²) in [4.78, 5) is 28.0. The van der Waals surface area contributed by atoms with Crippen LogP contribution in [0.25, 0.3) is 0 Å². The van der Waals surface area contributed by atoms with Gasteiger partial charge in [-0.05, 0) is 61.7 Å². The minimum atomic E-state index is -3.90. The third kappa shape index (κ3) is 8.08. The summed E-state index contributed by atoms with van der Waals surface area (Å²) in [5.74, 6) is -1.51. The quantitative estimate of drug-likeness (QED) is 0.446. The van der Waals surface area contributed by atoms with Crippen LogP contribution in [0.2, 0.25) is 10.0 Å². The summed E-state index contributed by atoms with van der Waals surface area (Å²) < 4.78 is 39.3. The fraction of sp³-hybridized carbons (Fsp3) is 0.417. The number of hydrogen-bond acceptors (Lipinski definition) is 4. The zero-order valence-electron chi connectivity index (χ0n) is 20.1. The first-order valence-corrected chi connectivity index (χ1v) is 13.7. The van der Waals surface area contributed by atoms with E-state index in [-0.39, 0.29) is 30.6 Å². The van der Waals surface area contributed by atoms with E-state index in [9.17, 15) is 22.4 Å². The van der Waals surface area contributed by atoms with E-state index in [1.165, 1.54) is 23.1 Å². The van der Waals surface area contributed by atoms with Crippen LogP contribution in [0.5, 0.6) is 0 Å². The second-order valence-corrected chi connectivity index (χ2v) is 11.0. The minimum Gasteiger partial charge on any atom is -0.352 e. The van der Waals surface area contributed by atoms with Gasteiger partial charge >= 0.3 is 0 Å². The number of sulfonamides is 1. The van der Waals surface area contributed by atoms with Gasteiger partial charge in [-0.15, -0.1) is 0 Å². The molecule has 0 saturated heterocycles. The van der Waals surface area contributed by atoms with E-state index in [1.54, 1.807) is 19.1 Å². The van der Waals surface area contributed by atoms with Crippen LogP contribution in [0.15, 0.2) is 42.5 Å². The molecule has 1 N–H and O–H groups in total. The SMILES string of the molecule is CC[C@H](C(=O)N[C@@H](C)CC)N(Cc1ccc(Cl)cc1Cl)C(=O)CN(c1ccc(F)cc1)S(C)(=O)=O. The number of rotatable bonds is 11. The summed E-state index contributed by atoms with van der Waals surface area (Å²) >= 11 is 12.3. The Bertz CT molecular complexity index is 1150. The summed E-state index contributed by atoms with van der Waals surface area (Å²) in [7, 11) is -3.90. The Morgan fingerprint density at radius 3 is 2.20 bits per heavy atom. The number of hydrogen-bond donors (Lipinski definition) is 1. The molecular weight excluding hydrogens is 516 g/mol. The highest BCUT2D eigenvalue weighted by atomic mass is 35.5. The van der Waals surface area contributed by atoms with E-state index in [0.717, 1.165) is 22.7 Å². The van der Waals surface area contributed by atoms with Gasteiger partial charge in [0, 0.05) is 22.6 Å². The van der Waals surface area contributed by atoms with Crippen molar-refractivity contribution in [2.24, 2.45) is 0 Å². The first-order chi connectivity index (χ1) is 16.4. The molecule has 0 radical (unpaired) electrons. The fourth-order valence-corrected chi connectivity index (χ4v) is 4.73. The fourth-order valence-electron chi connectivity index (χ4n) is 3.42. The van der Waals surface area contributed by atoms with Crippen LogP contribution in [0.1, 0.15) is 39.2 Å². The topological polar surface area (TPSA) is 86.8 Å². The van der Waals surface area contributed by atoms with Crippen molar-refractivity contribution in [2.75, 3.05) is 17.1 Å². The van der Waals surface area contributed by atoms with Gasteiger partial charge in [-0.1, -0.05) is 43.1 Å². The monoisotopic (exact) mass is 545 g/mol. The lowest BCUT2D eigenvalue weighted by Crippen LogP contribution is -2.53. The smallest absolute Gasteiger partial charge is 0.244 e. The number of amides is 2. The second-order valence-electron chi connectivity index (χ2n) is 8.25. The van der Waals surface area contributed by atoms with Gasteiger partial charge in [-0.25, -0.2) is 12.8 Å². The van der Waals surface area contributed by atoms with Crippen molar-refractivity contribution in [3.63, 3.8) is 0 Å². The zero-order valence-corrected chi connectivity index (χ0v) is 22.4. The number of benzene rings is 2. The van der Waals surface area contributed by atoms with Crippen molar-refractivity contribution in [3.05, 3.63) is 63.9 Å². The molecule has 0 saturated carbocycles. The highest BCUT2D eigenvalue weighted by molar-refractivity contribution is 7.92. The lowest BCUT2D eigenvalue weighted by atomic mass is 10.1. The average Bonchev–Trinajstić information content (AvgIpc) is 2.78. The largest absolute Gasteiger partial charge is 0.352 e. The van der Waals surface area contributed by atoms with Gasteiger partial charge in [0.2, 0.25) is 21.8 Å². The van der Waals surface area contributed by atoms with Gasteiger partial charge in [0.05, 0.1) is 11.9 Å². The van der Waals surface area contributed by atoms with Crippen LogP contribution in [-0.2, 0) is 26.2 Å². The molecule has 0 spiro atoms. The normalized spacial score (nSPS) is 13.1. The van der Waals surface area contributed by atoms with Gasteiger partial charge < -0.3 is 10.2 Å². The molecule has 7 nitrogen and oxygen atoms in total.